The number of hydrogen-bond donors (Lipinski definition) is 3. The van der Waals surface area contributed by atoms with Crippen molar-refractivity contribution in [2.75, 3.05) is 17.7 Å². The number of nitrogen functional groups attached to an aromatic ring is 1. The number of aliphatic hydroxyl groups is 1. The molecule has 96 valence electrons. The van der Waals surface area contributed by atoms with E-state index in [-0.39, 0.29) is 18.1 Å². The van der Waals surface area contributed by atoms with Gasteiger partial charge in [-0.2, -0.15) is 0 Å². The standard InChI is InChI=1S/C12H22N4O/c1-8(2)11-14-9(13)7-10(15-11)16-12(3,4)5-6-17/h7-8,17H,5-6H2,1-4H3,(H3,13,14,15,16). The number of nitrogens with zero attached hydrogens (tertiary/aromatic N) is 2. The van der Waals surface area contributed by atoms with E-state index >= 15 is 0 Å². The van der Waals surface area contributed by atoms with Crippen molar-refractivity contribution in [3.05, 3.63) is 11.9 Å². The fraction of sp³-hybridized carbons (Fsp3) is 0.667. The molecule has 5 nitrogen and oxygen atoms in total. The summed E-state index contributed by atoms with van der Waals surface area (Å²) in [5, 5.41) is 12.2. The Hall–Kier alpha value is -1.36. The largest absolute Gasteiger partial charge is 0.396 e. The molecule has 0 aliphatic rings. The van der Waals surface area contributed by atoms with E-state index in [1.165, 1.54) is 0 Å². The highest BCUT2D eigenvalue weighted by atomic mass is 16.3. The van der Waals surface area contributed by atoms with E-state index in [9.17, 15) is 0 Å². The summed E-state index contributed by atoms with van der Waals surface area (Å²) in [7, 11) is 0. The van der Waals surface area contributed by atoms with Crippen LogP contribution in [-0.4, -0.2) is 27.2 Å². The lowest BCUT2D eigenvalue weighted by Crippen LogP contribution is -2.32. The lowest BCUT2D eigenvalue weighted by Gasteiger charge is -2.26. The molecule has 0 spiro atoms. The predicted molar refractivity (Wildman–Crippen MR) is 69.9 cm³/mol. The van der Waals surface area contributed by atoms with E-state index in [4.69, 9.17) is 10.8 Å². The quantitative estimate of drug-likeness (QED) is 0.728. The molecule has 0 amide bonds. The van der Waals surface area contributed by atoms with Crippen LogP contribution < -0.4 is 11.1 Å². The van der Waals surface area contributed by atoms with E-state index in [2.05, 4.69) is 15.3 Å². The molecular formula is C12H22N4O. The molecule has 0 aromatic carbocycles. The Labute approximate surface area is 102 Å². The smallest absolute Gasteiger partial charge is 0.135 e. The first-order valence-corrected chi connectivity index (χ1v) is 5.87. The summed E-state index contributed by atoms with van der Waals surface area (Å²) in [5.41, 5.74) is 5.53. The summed E-state index contributed by atoms with van der Waals surface area (Å²) in [6, 6.07) is 1.71. The second-order valence-electron chi connectivity index (χ2n) is 5.17. The van der Waals surface area contributed by atoms with Gasteiger partial charge in [-0.25, -0.2) is 9.97 Å². The van der Waals surface area contributed by atoms with Gasteiger partial charge >= 0.3 is 0 Å². The van der Waals surface area contributed by atoms with Crippen LogP contribution in [0.3, 0.4) is 0 Å². The molecule has 5 heteroatoms. The first kappa shape index (κ1) is 13.7. The number of nitrogens with one attached hydrogen (secondary N) is 1. The van der Waals surface area contributed by atoms with Gasteiger partial charge in [0.2, 0.25) is 0 Å². The molecule has 0 atom stereocenters. The number of nitrogens with two attached hydrogens (primary N) is 1. The Balaban J connectivity index is 2.91. The molecule has 4 N–H and O–H groups in total. The topological polar surface area (TPSA) is 84.1 Å². The minimum atomic E-state index is -0.218. The number of rotatable bonds is 5. The van der Waals surface area contributed by atoms with Gasteiger partial charge in [0, 0.05) is 24.1 Å². The molecule has 0 bridgehead atoms. The van der Waals surface area contributed by atoms with Gasteiger partial charge in [0.25, 0.3) is 0 Å². The van der Waals surface area contributed by atoms with E-state index < -0.39 is 0 Å². The molecule has 0 saturated heterocycles. The van der Waals surface area contributed by atoms with E-state index in [0.717, 1.165) is 5.82 Å². The van der Waals surface area contributed by atoms with Crippen LogP contribution >= 0.6 is 0 Å². The third kappa shape index (κ3) is 4.19. The molecule has 1 aromatic heterocycles. The highest BCUT2D eigenvalue weighted by molar-refractivity contribution is 5.46. The van der Waals surface area contributed by atoms with Crippen LogP contribution in [-0.2, 0) is 0 Å². The first-order chi connectivity index (χ1) is 7.84. The Morgan fingerprint density at radius 3 is 2.59 bits per heavy atom. The van der Waals surface area contributed by atoms with Crippen molar-refractivity contribution >= 4 is 11.6 Å². The number of aromatic nitrogens is 2. The van der Waals surface area contributed by atoms with Gasteiger partial charge < -0.3 is 16.2 Å². The SMILES string of the molecule is CC(C)c1nc(N)cc(NC(C)(C)CCO)n1. The Morgan fingerprint density at radius 2 is 2.06 bits per heavy atom. The fourth-order valence-corrected chi connectivity index (χ4v) is 1.50. The van der Waals surface area contributed by atoms with Gasteiger partial charge in [0.15, 0.2) is 0 Å². The molecule has 1 aromatic rings. The van der Waals surface area contributed by atoms with Crippen LogP contribution in [0.25, 0.3) is 0 Å². The second kappa shape index (κ2) is 5.31. The molecule has 1 rings (SSSR count). The molecule has 0 aliphatic carbocycles. The van der Waals surface area contributed by atoms with Gasteiger partial charge in [-0.15, -0.1) is 0 Å². The third-order valence-corrected chi connectivity index (χ3v) is 2.48. The van der Waals surface area contributed by atoms with E-state index in [1.54, 1.807) is 6.07 Å². The molecule has 0 unspecified atom stereocenters. The lowest BCUT2D eigenvalue weighted by molar-refractivity contribution is 0.260. The van der Waals surface area contributed by atoms with E-state index in [1.807, 2.05) is 27.7 Å². The Morgan fingerprint density at radius 1 is 1.41 bits per heavy atom. The highest BCUT2D eigenvalue weighted by Gasteiger charge is 2.18. The second-order valence-corrected chi connectivity index (χ2v) is 5.17. The van der Waals surface area contributed by atoms with Gasteiger partial charge in [-0.1, -0.05) is 13.8 Å². The molecule has 0 radical (unpaired) electrons. The average molecular weight is 238 g/mol. The van der Waals surface area contributed by atoms with Gasteiger partial charge in [0.1, 0.15) is 17.5 Å². The Kier molecular flexibility index (Phi) is 4.28. The average Bonchev–Trinajstić information content (AvgIpc) is 2.15. The van der Waals surface area contributed by atoms with Crippen LogP contribution in [0, 0.1) is 0 Å². The summed E-state index contributed by atoms with van der Waals surface area (Å²) in [6.07, 6.45) is 0.647. The summed E-state index contributed by atoms with van der Waals surface area (Å²) in [6.45, 7) is 8.21. The van der Waals surface area contributed by atoms with Crippen LogP contribution in [0.15, 0.2) is 6.07 Å². The highest BCUT2D eigenvalue weighted by Crippen LogP contribution is 2.20. The summed E-state index contributed by atoms with van der Waals surface area (Å²) < 4.78 is 0. The van der Waals surface area contributed by atoms with Crippen molar-refractivity contribution in [1.82, 2.24) is 9.97 Å². The molecule has 0 fully saturated rings. The van der Waals surface area contributed by atoms with E-state index in [0.29, 0.717) is 18.1 Å². The third-order valence-electron chi connectivity index (χ3n) is 2.48. The predicted octanol–water partition coefficient (Wildman–Crippen LogP) is 1.76. The molecule has 0 aliphatic heterocycles. The maximum Gasteiger partial charge on any atom is 0.135 e. The van der Waals surface area contributed by atoms with Crippen molar-refractivity contribution < 1.29 is 5.11 Å². The first-order valence-electron chi connectivity index (χ1n) is 5.87. The van der Waals surface area contributed by atoms with Crippen molar-refractivity contribution in [2.24, 2.45) is 0 Å². The maximum absolute atomic E-state index is 8.98. The van der Waals surface area contributed by atoms with Crippen molar-refractivity contribution in [3.63, 3.8) is 0 Å². The normalized spacial score (nSPS) is 11.9. The monoisotopic (exact) mass is 238 g/mol. The molecule has 17 heavy (non-hydrogen) atoms. The van der Waals surface area contributed by atoms with Gasteiger partial charge in [-0.3, -0.25) is 0 Å². The summed E-state index contributed by atoms with van der Waals surface area (Å²) in [4.78, 5) is 8.60. The zero-order chi connectivity index (χ0) is 13.1. The maximum atomic E-state index is 8.98. The van der Waals surface area contributed by atoms with Gasteiger partial charge in [-0.05, 0) is 20.3 Å². The van der Waals surface area contributed by atoms with Gasteiger partial charge in [0.05, 0.1) is 0 Å². The van der Waals surface area contributed by atoms with Crippen LogP contribution in [0.2, 0.25) is 0 Å². The minimum absolute atomic E-state index is 0.137. The van der Waals surface area contributed by atoms with Crippen molar-refractivity contribution in [2.45, 2.75) is 45.6 Å². The zero-order valence-electron chi connectivity index (χ0n) is 11.0. The van der Waals surface area contributed by atoms with Crippen molar-refractivity contribution in [3.8, 4) is 0 Å². The minimum Gasteiger partial charge on any atom is -0.396 e. The number of anilines is 2. The molecular weight excluding hydrogens is 216 g/mol. The van der Waals surface area contributed by atoms with Crippen LogP contribution in [0.1, 0.15) is 45.9 Å². The Bertz CT molecular complexity index is 377. The molecule has 1 heterocycles. The van der Waals surface area contributed by atoms with Crippen LogP contribution in [0.4, 0.5) is 11.6 Å². The van der Waals surface area contributed by atoms with Crippen molar-refractivity contribution in [1.29, 1.82) is 0 Å². The fourth-order valence-electron chi connectivity index (χ4n) is 1.50. The number of aliphatic hydroxyl groups excluding tert-OH is 1. The zero-order valence-corrected chi connectivity index (χ0v) is 11.0. The summed E-state index contributed by atoms with van der Waals surface area (Å²) in [5.74, 6) is 2.14. The summed E-state index contributed by atoms with van der Waals surface area (Å²) >= 11 is 0. The molecule has 0 saturated carbocycles. The lowest BCUT2D eigenvalue weighted by atomic mass is 10.0. The number of hydrogen-bond acceptors (Lipinski definition) is 5. The van der Waals surface area contributed by atoms with Crippen LogP contribution in [0.5, 0.6) is 0 Å².